The van der Waals surface area contributed by atoms with Crippen molar-refractivity contribution in [2.24, 2.45) is 10.2 Å². The van der Waals surface area contributed by atoms with E-state index >= 15 is 0 Å². The minimum Gasteiger partial charge on any atom is -0.0934 e. The molecule has 96 valence electrons. The molecule has 0 heterocycles. The van der Waals surface area contributed by atoms with Crippen LogP contribution in [0.2, 0.25) is 0 Å². The van der Waals surface area contributed by atoms with Crippen molar-refractivity contribution < 1.29 is 17.1 Å². The molecule has 0 aromatic carbocycles. The van der Waals surface area contributed by atoms with Gasteiger partial charge in [-0.1, -0.05) is 10.2 Å². The SMILES string of the molecule is [Fe+2].[N-]=[N+]=NC[C]1[CH][CH][CH][CH]1.[N-]=[N+]=NC[C]1[CH][CH][CH][CH]1. The third-order valence-corrected chi connectivity index (χ3v) is 2.10. The van der Waals surface area contributed by atoms with Crippen LogP contribution in [-0.2, 0) is 17.1 Å². The predicted octanol–water partition coefficient (Wildman–Crippen LogP) is 3.40. The Morgan fingerprint density at radius 2 is 1.05 bits per heavy atom. The summed E-state index contributed by atoms with van der Waals surface area (Å²) in [6, 6.07) is 0. The van der Waals surface area contributed by atoms with E-state index in [1.165, 1.54) is 0 Å². The molecule has 2 aliphatic rings. The van der Waals surface area contributed by atoms with Crippen molar-refractivity contribution >= 4 is 0 Å². The first-order chi connectivity index (χ1) is 8.86. The van der Waals surface area contributed by atoms with Crippen LogP contribution in [0, 0.1) is 63.2 Å². The fraction of sp³-hybridized carbons (Fsp3) is 0.167. The summed E-state index contributed by atoms with van der Waals surface area (Å²) in [5.41, 5.74) is 15.8. The fourth-order valence-corrected chi connectivity index (χ4v) is 1.27. The summed E-state index contributed by atoms with van der Waals surface area (Å²) < 4.78 is 0. The number of azide groups is 2. The number of hydrogen-bond acceptors (Lipinski definition) is 2. The van der Waals surface area contributed by atoms with Gasteiger partial charge in [0.2, 0.25) is 0 Å². The molecular formula is C12H12FeN6+2. The van der Waals surface area contributed by atoms with Crippen LogP contribution in [0.15, 0.2) is 10.2 Å². The van der Waals surface area contributed by atoms with Gasteiger partial charge in [-0.3, -0.25) is 0 Å². The molecule has 0 unspecified atom stereocenters. The predicted molar refractivity (Wildman–Crippen MR) is 68.9 cm³/mol. The molecule has 2 aliphatic carbocycles. The molecule has 0 aliphatic heterocycles. The monoisotopic (exact) mass is 296 g/mol. The van der Waals surface area contributed by atoms with Gasteiger partial charge in [-0.05, 0) is 74.3 Å². The van der Waals surface area contributed by atoms with Crippen molar-refractivity contribution in [1.82, 2.24) is 0 Å². The molecule has 0 N–H and O–H groups in total. The molecule has 0 aromatic heterocycles. The Labute approximate surface area is 125 Å². The van der Waals surface area contributed by atoms with Crippen molar-refractivity contribution in [3.8, 4) is 0 Å². The maximum absolute atomic E-state index is 7.92. The molecule has 0 spiro atoms. The Hall–Kier alpha value is -0.861. The summed E-state index contributed by atoms with van der Waals surface area (Å²) in [5.74, 6) is 2.13. The van der Waals surface area contributed by atoms with Gasteiger partial charge in [-0.15, -0.1) is 0 Å². The normalized spacial score (nSPS) is 18.5. The van der Waals surface area contributed by atoms with E-state index < -0.39 is 0 Å². The first-order valence-electron chi connectivity index (χ1n) is 5.29. The standard InChI is InChI=1S/2C6H6N3.Fe/c2*7-9-8-5-6-3-1-2-4-6;/h2*1-4H,5H2;/q;;+2. The Morgan fingerprint density at radius 1 is 0.737 bits per heavy atom. The van der Waals surface area contributed by atoms with Gasteiger partial charge >= 0.3 is 17.1 Å². The largest absolute Gasteiger partial charge is 2.00 e. The summed E-state index contributed by atoms with van der Waals surface area (Å²) in [5, 5.41) is 6.79. The van der Waals surface area contributed by atoms with E-state index in [-0.39, 0.29) is 17.1 Å². The summed E-state index contributed by atoms with van der Waals surface area (Å²) in [7, 11) is 0. The van der Waals surface area contributed by atoms with Crippen LogP contribution in [0.25, 0.3) is 20.9 Å². The first kappa shape index (κ1) is 18.1. The van der Waals surface area contributed by atoms with E-state index in [0.29, 0.717) is 13.1 Å². The van der Waals surface area contributed by atoms with Crippen LogP contribution in [0.3, 0.4) is 0 Å². The van der Waals surface area contributed by atoms with Crippen LogP contribution < -0.4 is 0 Å². The van der Waals surface area contributed by atoms with Gasteiger partial charge in [-0.2, -0.15) is 0 Å². The van der Waals surface area contributed by atoms with Crippen LogP contribution in [0.5, 0.6) is 0 Å². The van der Waals surface area contributed by atoms with E-state index in [1.807, 2.05) is 51.4 Å². The Morgan fingerprint density at radius 3 is 1.32 bits per heavy atom. The summed E-state index contributed by atoms with van der Waals surface area (Å²) in [6.07, 6.45) is 15.4. The Kier molecular flexibility index (Phi) is 11.6. The molecule has 0 saturated heterocycles. The van der Waals surface area contributed by atoms with Crippen LogP contribution in [0.1, 0.15) is 0 Å². The van der Waals surface area contributed by atoms with Crippen molar-refractivity contribution in [1.29, 1.82) is 0 Å². The minimum atomic E-state index is 0. The molecule has 0 bridgehead atoms. The molecule has 0 aromatic rings. The zero-order valence-corrected chi connectivity index (χ0v) is 11.2. The van der Waals surface area contributed by atoms with Crippen molar-refractivity contribution in [2.45, 2.75) is 0 Å². The topological polar surface area (TPSA) is 97.5 Å². The molecule has 7 heteroatoms. The molecule has 19 heavy (non-hydrogen) atoms. The van der Waals surface area contributed by atoms with Gasteiger partial charge in [0.15, 0.2) is 0 Å². The van der Waals surface area contributed by atoms with E-state index in [2.05, 4.69) is 20.1 Å². The quantitative estimate of drug-likeness (QED) is 0.329. The molecule has 2 fully saturated rings. The molecule has 0 atom stereocenters. The average Bonchev–Trinajstić information content (AvgIpc) is 3.07. The summed E-state index contributed by atoms with van der Waals surface area (Å²) >= 11 is 0. The van der Waals surface area contributed by atoms with Gasteiger partial charge in [0.25, 0.3) is 0 Å². The minimum absolute atomic E-state index is 0. The zero-order chi connectivity index (χ0) is 13.1. The number of rotatable bonds is 4. The maximum atomic E-state index is 7.92. The van der Waals surface area contributed by atoms with E-state index in [4.69, 9.17) is 11.1 Å². The second kappa shape index (κ2) is 12.2. The molecule has 0 amide bonds. The first-order valence-corrected chi connectivity index (χ1v) is 5.29. The van der Waals surface area contributed by atoms with Crippen molar-refractivity contribution in [3.63, 3.8) is 0 Å². The van der Waals surface area contributed by atoms with E-state index in [1.54, 1.807) is 0 Å². The van der Waals surface area contributed by atoms with E-state index in [0.717, 1.165) is 11.8 Å². The molecule has 10 radical (unpaired) electrons. The third kappa shape index (κ3) is 8.79. The summed E-state index contributed by atoms with van der Waals surface area (Å²) in [4.78, 5) is 5.27. The van der Waals surface area contributed by atoms with Crippen LogP contribution >= 0.6 is 0 Å². The summed E-state index contributed by atoms with van der Waals surface area (Å²) in [6.45, 7) is 0.924. The Bertz CT molecular complexity index is 278. The third-order valence-electron chi connectivity index (χ3n) is 2.10. The maximum Gasteiger partial charge on any atom is 2.00 e. The Balaban J connectivity index is 0.000000324. The van der Waals surface area contributed by atoms with Gasteiger partial charge in [0.05, 0.1) is 0 Å². The van der Waals surface area contributed by atoms with Crippen molar-refractivity contribution in [3.05, 3.63) is 84.1 Å². The molecule has 6 nitrogen and oxygen atoms in total. The van der Waals surface area contributed by atoms with Gasteiger partial charge < -0.3 is 0 Å². The zero-order valence-electron chi connectivity index (χ0n) is 10.1. The van der Waals surface area contributed by atoms with Crippen LogP contribution in [-0.4, -0.2) is 13.1 Å². The van der Waals surface area contributed by atoms with E-state index in [9.17, 15) is 0 Å². The number of hydrogen-bond donors (Lipinski definition) is 0. The number of nitrogens with zero attached hydrogens (tertiary/aromatic N) is 6. The van der Waals surface area contributed by atoms with Gasteiger partial charge in [0.1, 0.15) is 0 Å². The van der Waals surface area contributed by atoms with Crippen LogP contribution in [0.4, 0.5) is 0 Å². The molecule has 2 rings (SSSR count). The smallest absolute Gasteiger partial charge is 0.0934 e. The average molecular weight is 296 g/mol. The van der Waals surface area contributed by atoms with Gasteiger partial charge in [-0.25, -0.2) is 0 Å². The van der Waals surface area contributed by atoms with Gasteiger partial charge in [0, 0.05) is 22.9 Å². The molecular weight excluding hydrogens is 284 g/mol. The molecule has 2 saturated carbocycles. The van der Waals surface area contributed by atoms with Crippen molar-refractivity contribution in [2.75, 3.05) is 13.1 Å². The second-order valence-electron chi connectivity index (χ2n) is 3.36. The second-order valence-corrected chi connectivity index (χ2v) is 3.36. The fourth-order valence-electron chi connectivity index (χ4n) is 1.27.